The van der Waals surface area contributed by atoms with Gasteiger partial charge in [-0.1, -0.05) is 42.5 Å². The van der Waals surface area contributed by atoms with Gasteiger partial charge in [0.1, 0.15) is 29.4 Å². The van der Waals surface area contributed by atoms with Gasteiger partial charge in [0.05, 0.1) is 6.61 Å². The molecule has 1 heterocycles. The fourth-order valence-electron chi connectivity index (χ4n) is 4.10. The van der Waals surface area contributed by atoms with E-state index in [0.717, 1.165) is 28.1 Å². The van der Waals surface area contributed by atoms with E-state index in [-0.39, 0.29) is 18.0 Å². The van der Waals surface area contributed by atoms with Crippen LogP contribution >= 0.6 is 0 Å². The highest BCUT2D eigenvalue weighted by Gasteiger charge is 2.45. The van der Waals surface area contributed by atoms with Crippen molar-refractivity contribution >= 4 is 5.69 Å². The van der Waals surface area contributed by atoms with Crippen molar-refractivity contribution in [3.63, 3.8) is 0 Å². The zero-order valence-electron chi connectivity index (χ0n) is 18.8. The first-order chi connectivity index (χ1) is 15.5. The lowest BCUT2D eigenvalue weighted by Crippen LogP contribution is -2.51. The van der Waals surface area contributed by atoms with E-state index < -0.39 is 5.60 Å². The second-order valence-corrected chi connectivity index (χ2v) is 8.53. The molecule has 0 bridgehead atoms. The van der Waals surface area contributed by atoms with Crippen molar-refractivity contribution in [3.8, 4) is 5.75 Å². The second-order valence-electron chi connectivity index (χ2n) is 8.53. The average molecular weight is 436 g/mol. The van der Waals surface area contributed by atoms with Gasteiger partial charge in [-0.15, -0.1) is 0 Å². The fraction of sp³-hybridized carbons (Fsp3) is 0.333. The molecule has 0 aromatic heterocycles. The first-order valence-corrected chi connectivity index (χ1v) is 11.0. The lowest BCUT2D eigenvalue weighted by Gasteiger charge is -2.44. The van der Waals surface area contributed by atoms with Crippen molar-refractivity contribution < 1.29 is 18.6 Å². The van der Waals surface area contributed by atoms with Gasteiger partial charge in [-0.3, -0.25) is 0 Å². The summed E-state index contributed by atoms with van der Waals surface area (Å²) < 4.78 is 32.4. The molecule has 3 aromatic rings. The summed E-state index contributed by atoms with van der Waals surface area (Å²) in [7, 11) is 0. The van der Waals surface area contributed by atoms with Gasteiger partial charge in [-0.2, -0.15) is 0 Å². The lowest BCUT2D eigenvalue weighted by molar-refractivity contribution is -0.165. The van der Waals surface area contributed by atoms with Gasteiger partial charge < -0.3 is 19.5 Å². The molecule has 4 rings (SSSR count). The molecule has 2 unspecified atom stereocenters. The quantitative estimate of drug-likeness (QED) is 0.453. The van der Waals surface area contributed by atoms with Crippen LogP contribution in [-0.2, 0) is 22.6 Å². The van der Waals surface area contributed by atoms with Crippen LogP contribution in [0.3, 0.4) is 0 Å². The molecule has 0 saturated heterocycles. The smallest absolute Gasteiger partial charge is 0.132 e. The number of ether oxygens (including phenoxy) is 3. The van der Waals surface area contributed by atoms with Crippen molar-refractivity contribution in [2.45, 2.75) is 51.7 Å². The number of benzene rings is 3. The Morgan fingerprint density at radius 1 is 0.938 bits per heavy atom. The first kappa shape index (κ1) is 22.3. The van der Waals surface area contributed by atoms with Gasteiger partial charge in [0.15, 0.2) is 0 Å². The maximum Gasteiger partial charge on any atom is 0.132 e. The average Bonchev–Trinajstić information content (AvgIpc) is 2.78. The highest BCUT2D eigenvalue weighted by Crippen LogP contribution is 2.44. The van der Waals surface area contributed by atoms with E-state index in [1.165, 1.54) is 12.1 Å². The molecule has 2 atom stereocenters. The van der Waals surface area contributed by atoms with Crippen LogP contribution in [0.4, 0.5) is 10.1 Å². The molecule has 1 aliphatic heterocycles. The Bertz CT molecular complexity index is 1040. The largest absolute Gasteiger partial charge is 0.485 e. The Morgan fingerprint density at radius 2 is 1.72 bits per heavy atom. The Balaban J connectivity index is 1.56. The lowest BCUT2D eigenvalue weighted by atomic mass is 9.87. The zero-order chi connectivity index (χ0) is 22.6. The summed E-state index contributed by atoms with van der Waals surface area (Å²) in [6, 6.07) is 22.7. The Labute approximate surface area is 189 Å². The molecule has 3 aromatic carbocycles. The SMILES string of the molecule is CCOC1c2cc(NCc3cccc(F)c3)ccc2OC(C)(C)C1OCc1ccccc1. The Kier molecular flexibility index (Phi) is 6.77. The summed E-state index contributed by atoms with van der Waals surface area (Å²) in [5.41, 5.74) is 3.30. The molecular weight excluding hydrogens is 405 g/mol. The summed E-state index contributed by atoms with van der Waals surface area (Å²) in [6.07, 6.45) is -0.549. The normalized spacial score (nSPS) is 19.1. The molecule has 0 fully saturated rings. The third-order valence-electron chi connectivity index (χ3n) is 5.65. The molecule has 0 radical (unpaired) electrons. The van der Waals surface area contributed by atoms with E-state index in [0.29, 0.717) is 19.8 Å². The van der Waals surface area contributed by atoms with Crippen LogP contribution in [0.2, 0.25) is 0 Å². The number of anilines is 1. The predicted molar refractivity (Wildman–Crippen MR) is 124 cm³/mol. The van der Waals surface area contributed by atoms with E-state index in [2.05, 4.69) is 17.4 Å². The van der Waals surface area contributed by atoms with Gasteiger partial charge in [-0.25, -0.2) is 4.39 Å². The summed E-state index contributed by atoms with van der Waals surface area (Å²) in [5, 5.41) is 3.38. The van der Waals surface area contributed by atoms with Crippen LogP contribution in [0.25, 0.3) is 0 Å². The highest BCUT2D eigenvalue weighted by molar-refractivity contribution is 5.54. The molecule has 1 N–H and O–H groups in total. The Morgan fingerprint density at radius 3 is 2.47 bits per heavy atom. The van der Waals surface area contributed by atoms with E-state index in [1.807, 2.05) is 63.2 Å². The van der Waals surface area contributed by atoms with E-state index in [1.54, 1.807) is 6.07 Å². The number of rotatable bonds is 8. The summed E-state index contributed by atoms with van der Waals surface area (Å²) in [4.78, 5) is 0. The number of hydrogen-bond donors (Lipinski definition) is 1. The molecule has 5 heteroatoms. The minimum Gasteiger partial charge on any atom is -0.485 e. The maximum atomic E-state index is 13.5. The molecular formula is C27H30FNO3. The Hall–Kier alpha value is -2.89. The molecule has 32 heavy (non-hydrogen) atoms. The van der Waals surface area contributed by atoms with Crippen molar-refractivity contribution in [1.29, 1.82) is 0 Å². The van der Waals surface area contributed by atoms with Crippen LogP contribution in [-0.4, -0.2) is 18.3 Å². The zero-order valence-corrected chi connectivity index (χ0v) is 18.8. The molecule has 0 spiro atoms. The molecule has 0 saturated carbocycles. The number of fused-ring (bicyclic) bond motifs is 1. The minimum atomic E-state index is -0.557. The van der Waals surface area contributed by atoms with Crippen LogP contribution in [0, 0.1) is 5.82 Å². The highest BCUT2D eigenvalue weighted by atomic mass is 19.1. The third-order valence-corrected chi connectivity index (χ3v) is 5.65. The number of halogens is 1. The molecule has 0 amide bonds. The first-order valence-electron chi connectivity index (χ1n) is 11.0. The molecule has 0 aliphatic carbocycles. The predicted octanol–water partition coefficient (Wildman–Crippen LogP) is 6.27. The van der Waals surface area contributed by atoms with Crippen LogP contribution in [0.1, 0.15) is 43.6 Å². The van der Waals surface area contributed by atoms with Gasteiger partial charge in [-0.05, 0) is 62.2 Å². The second kappa shape index (κ2) is 9.72. The monoisotopic (exact) mass is 435 g/mol. The maximum absolute atomic E-state index is 13.5. The summed E-state index contributed by atoms with van der Waals surface area (Å²) >= 11 is 0. The van der Waals surface area contributed by atoms with Crippen molar-refractivity contribution in [1.82, 2.24) is 0 Å². The van der Waals surface area contributed by atoms with Gasteiger partial charge >= 0.3 is 0 Å². The standard InChI is InChI=1S/C27H30FNO3/c1-4-30-25-23-16-22(29-17-20-11-8-12-21(28)15-20)13-14-24(23)32-27(2,3)26(25)31-18-19-9-6-5-7-10-19/h5-16,25-26,29H,4,17-18H2,1-3H3. The topological polar surface area (TPSA) is 39.7 Å². The van der Waals surface area contributed by atoms with Gasteiger partial charge in [0.2, 0.25) is 0 Å². The third kappa shape index (κ3) is 5.12. The summed E-state index contributed by atoms with van der Waals surface area (Å²) in [6.45, 7) is 7.63. The van der Waals surface area contributed by atoms with E-state index in [4.69, 9.17) is 14.2 Å². The fourth-order valence-corrected chi connectivity index (χ4v) is 4.10. The molecule has 4 nitrogen and oxygen atoms in total. The molecule has 1 aliphatic rings. The number of nitrogens with one attached hydrogen (secondary N) is 1. The van der Waals surface area contributed by atoms with Gasteiger partial charge in [0.25, 0.3) is 0 Å². The van der Waals surface area contributed by atoms with E-state index >= 15 is 0 Å². The van der Waals surface area contributed by atoms with E-state index in [9.17, 15) is 4.39 Å². The van der Waals surface area contributed by atoms with Crippen LogP contribution < -0.4 is 10.1 Å². The van der Waals surface area contributed by atoms with Crippen LogP contribution in [0.5, 0.6) is 5.75 Å². The minimum absolute atomic E-state index is 0.236. The van der Waals surface area contributed by atoms with Crippen molar-refractivity contribution in [3.05, 3.63) is 95.3 Å². The molecule has 168 valence electrons. The van der Waals surface area contributed by atoms with Gasteiger partial charge in [0, 0.05) is 24.4 Å². The van der Waals surface area contributed by atoms with Crippen molar-refractivity contribution in [2.24, 2.45) is 0 Å². The summed E-state index contributed by atoms with van der Waals surface area (Å²) in [5.74, 6) is 0.560. The number of hydrogen-bond acceptors (Lipinski definition) is 4. The van der Waals surface area contributed by atoms with Crippen LogP contribution in [0.15, 0.2) is 72.8 Å². The van der Waals surface area contributed by atoms with Crippen molar-refractivity contribution in [2.75, 3.05) is 11.9 Å².